The lowest BCUT2D eigenvalue weighted by Gasteiger charge is -2.20. The highest BCUT2D eigenvalue weighted by Gasteiger charge is 2.22. The number of methoxy groups -OCH3 is 2. The molecular weight excluding hydrogens is 360 g/mol. The van der Waals surface area contributed by atoms with Gasteiger partial charge in [0.2, 0.25) is 5.91 Å². The Bertz CT molecular complexity index is 841. The van der Waals surface area contributed by atoms with Crippen LogP contribution in [0, 0.1) is 11.6 Å². The van der Waals surface area contributed by atoms with Gasteiger partial charge >= 0.3 is 5.97 Å². The first kappa shape index (κ1) is 20.2. The number of carbonyl (C=O) groups excluding carboxylic acids is 1. The van der Waals surface area contributed by atoms with E-state index in [9.17, 15) is 23.5 Å². The molecule has 144 valence electrons. The fourth-order valence-corrected chi connectivity index (χ4v) is 2.60. The molecule has 27 heavy (non-hydrogen) atoms. The Hall–Kier alpha value is -3.16. The van der Waals surface area contributed by atoms with E-state index in [2.05, 4.69) is 5.32 Å². The summed E-state index contributed by atoms with van der Waals surface area (Å²) < 4.78 is 36.6. The fourth-order valence-electron chi connectivity index (χ4n) is 2.60. The van der Waals surface area contributed by atoms with Crippen LogP contribution < -0.4 is 14.8 Å². The SMILES string of the molecule is COc1ccc(C(CC(=O)O)NC(=O)Cc2ccc(F)c(F)c2)c(OC)c1. The van der Waals surface area contributed by atoms with Crippen LogP contribution in [0.3, 0.4) is 0 Å². The van der Waals surface area contributed by atoms with Crippen LogP contribution in [0.25, 0.3) is 0 Å². The molecule has 2 N–H and O–H groups in total. The molecule has 1 amide bonds. The Morgan fingerprint density at radius 2 is 1.81 bits per heavy atom. The summed E-state index contributed by atoms with van der Waals surface area (Å²) in [6, 6.07) is 7.07. The van der Waals surface area contributed by atoms with Crippen LogP contribution in [0.1, 0.15) is 23.6 Å². The zero-order chi connectivity index (χ0) is 20.0. The maximum absolute atomic E-state index is 13.3. The van der Waals surface area contributed by atoms with Crippen LogP contribution >= 0.6 is 0 Å². The average Bonchev–Trinajstić information content (AvgIpc) is 2.63. The van der Waals surface area contributed by atoms with Crippen molar-refractivity contribution in [3.8, 4) is 11.5 Å². The number of carbonyl (C=O) groups is 2. The highest BCUT2D eigenvalue weighted by atomic mass is 19.2. The third-order valence-electron chi connectivity index (χ3n) is 3.88. The summed E-state index contributed by atoms with van der Waals surface area (Å²) in [5, 5.41) is 11.8. The van der Waals surface area contributed by atoms with Crippen LogP contribution in [0.4, 0.5) is 8.78 Å². The zero-order valence-corrected chi connectivity index (χ0v) is 14.8. The van der Waals surface area contributed by atoms with Crippen LogP contribution in [0.15, 0.2) is 36.4 Å². The van der Waals surface area contributed by atoms with Crippen LogP contribution in [0.2, 0.25) is 0 Å². The standard InChI is InChI=1S/C19H19F2NO5/c1-26-12-4-5-13(17(9-12)27-2)16(10-19(24)25)22-18(23)8-11-3-6-14(20)15(21)7-11/h3-7,9,16H,8,10H2,1-2H3,(H,22,23)(H,24,25). The van der Waals surface area contributed by atoms with Gasteiger partial charge in [0.15, 0.2) is 11.6 Å². The molecular formula is C19H19F2NO5. The molecule has 6 nitrogen and oxygen atoms in total. The van der Waals surface area contributed by atoms with Crippen LogP contribution in [-0.4, -0.2) is 31.2 Å². The number of aliphatic carboxylic acids is 1. The number of halogens is 2. The number of rotatable bonds is 8. The molecule has 0 heterocycles. The monoisotopic (exact) mass is 379 g/mol. The van der Waals surface area contributed by atoms with E-state index in [0.717, 1.165) is 12.1 Å². The van der Waals surface area contributed by atoms with Crippen molar-refractivity contribution in [1.29, 1.82) is 0 Å². The zero-order valence-electron chi connectivity index (χ0n) is 14.8. The first-order valence-electron chi connectivity index (χ1n) is 8.01. The van der Waals surface area contributed by atoms with E-state index in [4.69, 9.17) is 9.47 Å². The van der Waals surface area contributed by atoms with Gasteiger partial charge in [0.05, 0.1) is 33.1 Å². The summed E-state index contributed by atoms with van der Waals surface area (Å²) in [6.07, 6.45) is -0.613. The minimum atomic E-state index is -1.12. The first-order chi connectivity index (χ1) is 12.8. The number of ether oxygens (including phenoxy) is 2. The number of hydrogen-bond acceptors (Lipinski definition) is 4. The van der Waals surface area contributed by atoms with E-state index in [1.54, 1.807) is 18.2 Å². The number of carboxylic acid groups (broad SMARTS) is 1. The third kappa shape index (κ3) is 5.40. The van der Waals surface area contributed by atoms with Crippen molar-refractivity contribution in [2.45, 2.75) is 18.9 Å². The Balaban J connectivity index is 2.22. The van der Waals surface area contributed by atoms with Gasteiger partial charge in [-0.1, -0.05) is 6.07 Å². The summed E-state index contributed by atoms with van der Waals surface area (Å²) in [4.78, 5) is 23.5. The lowest BCUT2D eigenvalue weighted by atomic mass is 10.0. The van der Waals surface area contributed by atoms with E-state index >= 15 is 0 Å². The van der Waals surface area contributed by atoms with E-state index < -0.39 is 29.6 Å². The first-order valence-corrected chi connectivity index (χ1v) is 8.01. The van der Waals surface area contributed by atoms with Gasteiger partial charge in [-0.15, -0.1) is 0 Å². The molecule has 0 aliphatic heterocycles. The number of amides is 1. The number of carboxylic acids is 1. The number of benzene rings is 2. The average molecular weight is 379 g/mol. The summed E-state index contributed by atoms with van der Waals surface area (Å²) in [6.45, 7) is 0. The van der Waals surface area contributed by atoms with Crippen molar-refractivity contribution >= 4 is 11.9 Å². The van der Waals surface area contributed by atoms with Gasteiger partial charge in [-0.2, -0.15) is 0 Å². The molecule has 0 aromatic heterocycles. The second-order valence-electron chi connectivity index (χ2n) is 5.75. The molecule has 0 aliphatic rings. The summed E-state index contributed by atoms with van der Waals surface area (Å²) in [5.41, 5.74) is 0.724. The topological polar surface area (TPSA) is 84.9 Å². The Morgan fingerprint density at radius 1 is 1.07 bits per heavy atom. The molecule has 1 unspecified atom stereocenters. The molecule has 0 saturated carbocycles. The molecule has 0 radical (unpaired) electrons. The Kier molecular flexibility index (Phi) is 6.70. The van der Waals surface area contributed by atoms with Gasteiger partial charge in [-0.05, 0) is 29.8 Å². The van der Waals surface area contributed by atoms with Crippen molar-refractivity contribution in [2.24, 2.45) is 0 Å². The maximum atomic E-state index is 13.3. The van der Waals surface area contributed by atoms with Gasteiger partial charge in [0.25, 0.3) is 0 Å². The number of hydrogen-bond donors (Lipinski definition) is 2. The van der Waals surface area contributed by atoms with E-state index in [1.165, 1.54) is 20.3 Å². The molecule has 0 saturated heterocycles. The summed E-state index contributed by atoms with van der Waals surface area (Å²) >= 11 is 0. The van der Waals surface area contributed by atoms with E-state index in [0.29, 0.717) is 17.1 Å². The minimum absolute atomic E-state index is 0.230. The Morgan fingerprint density at radius 3 is 2.41 bits per heavy atom. The molecule has 2 rings (SSSR count). The van der Waals surface area contributed by atoms with E-state index in [1.807, 2.05) is 0 Å². The largest absolute Gasteiger partial charge is 0.497 e. The number of nitrogens with one attached hydrogen (secondary N) is 1. The summed E-state index contributed by atoms with van der Waals surface area (Å²) in [7, 11) is 2.89. The van der Waals surface area contributed by atoms with Crippen LogP contribution in [0.5, 0.6) is 11.5 Å². The third-order valence-corrected chi connectivity index (χ3v) is 3.88. The van der Waals surface area contributed by atoms with Gasteiger partial charge < -0.3 is 19.9 Å². The van der Waals surface area contributed by atoms with Crippen molar-refractivity contribution in [3.63, 3.8) is 0 Å². The highest BCUT2D eigenvalue weighted by molar-refractivity contribution is 5.80. The molecule has 2 aromatic carbocycles. The molecule has 2 aromatic rings. The van der Waals surface area contributed by atoms with Gasteiger partial charge in [0, 0.05) is 11.6 Å². The predicted octanol–water partition coefficient (Wildman–Crippen LogP) is 2.86. The molecule has 0 aliphatic carbocycles. The quantitative estimate of drug-likeness (QED) is 0.737. The molecule has 0 bridgehead atoms. The lowest BCUT2D eigenvalue weighted by Crippen LogP contribution is -2.31. The molecule has 0 spiro atoms. The lowest BCUT2D eigenvalue weighted by molar-refractivity contribution is -0.137. The van der Waals surface area contributed by atoms with Crippen LogP contribution in [-0.2, 0) is 16.0 Å². The second kappa shape index (κ2) is 8.98. The molecule has 8 heteroatoms. The predicted molar refractivity (Wildman–Crippen MR) is 92.7 cm³/mol. The molecule has 0 fully saturated rings. The molecule has 1 atom stereocenters. The smallest absolute Gasteiger partial charge is 0.305 e. The summed E-state index contributed by atoms with van der Waals surface area (Å²) in [5.74, 6) is -2.85. The van der Waals surface area contributed by atoms with Crippen molar-refractivity contribution < 1.29 is 33.0 Å². The minimum Gasteiger partial charge on any atom is -0.497 e. The van der Waals surface area contributed by atoms with Crippen molar-refractivity contribution in [3.05, 3.63) is 59.2 Å². The fraction of sp³-hybridized carbons (Fsp3) is 0.263. The van der Waals surface area contributed by atoms with Crippen molar-refractivity contribution in [1.82, 2.24) is 5.32 Å². The van der Waals surface area contributed by atoms with Gasteiger partial charge in [-0.3, -0.25) is 9.59 Å². The van der Waals surface area contributed by atoms with Gasteiger partial charge in [0.1, 0.15) is 11.5 Å². The van der Waals surface area contributed by atoms with E-state index in [-0.39, 0.29) is 18.4 Å². The normalized spacial score (nSPS) is 11.6. The maximum Gasteiger partial charge on any atom is 0.305 e. The van der Waals surface area contributed by atoms with Crippen molar-refractivity contribution in [2.75, 3.05) is 14.2 Å². The Labute approximate surface area is 154 Å². The van der Waals surface area contributed by atoms with Gasteiger partial charge in [-0.25, -0.2) is 8.78 Å². The highest BCUT2D eigenvalue weighted by Crippen LogP contribution is 2.31. The second-order valence-corrected chi connectivity index (χ2v) is 5.75.